The molecule has 1 amide bonds. The topological polar surface area (TPSA) is 90.9 Å². The van der Waals surface area contributed by atoms with Gasteiger partial charge in [0.15, 0.2) is 6.10 Å². The van der Waals surface area contributed by atoms with Crippen molar-refractivity contribution in [1.29, 1.82) is 0 Å². The molecule has 2 rings (SSSR count). The third-order valence-corrected chi connectivity index (χ3v) is 3.87. The Bertz CT molecular complexity index is 861. The van der Waals surface area contributed by atoms with E-state index in [9.17, 15) is 14.4 Å². The molecule has 0 saturated carbocycles. The van der Waals surface area contributed by atoms with Crippen LogP contribution < -0.4 is 10.1 Å². The number of ether oxygens (including phenoxy) is 3. The standard InChI is InChI=1S/C20H21NO6/c1-12-7-5-6-8-17(12)27-13(2)18(22)21-16-11-14(19(23)25-3)9-10-15(16)20(24)26-4/h5-11,13H,1-4H3,(H,21,22)/t13-/m1/s1. The Labute approximate surface area is 157 Å². The highest BCUT2D eigenvalue weighted by molar-refractivity contribution is 6.04. The van der Waals surface area contributed by atoms with Crippen LogP contribution in [0.3, 0.4) is 0 Å². The molecule has 2 aromatic rings. The van der Waals surface area contributed by atoms with E-state index in [1.165, 1.54) is 32.4 Å². The molecular weight excluding hydrogens is 350 g/mol. The summed E-state index contributed by atoms with van der Waals surface area (Å²) in [6.07, 6.45) is -0.835. The molecule has 2 aromatic carbocycles. The summed E-state index contributed by atoms with van der Waals surface area (Å²) in [6.45, 7) is 3.46. The maximum atomic E-state index is 12.5. The number of carbonyl (C=O) groups is 3. The number of hydrogen-bond acceptors (Lipinski definition) is 6. The Hall–Kier alpha value is -3.35. The Morgan fingerprint density at radius 1 is 0.963 bits per heavy atom. The van der Waals surface area contributed by atoms with Crippen LogP contribution in [-0.2, 0) is 14.3 Å². The molecule has 0 heterocycles. The molecule has 0 aliphatic carbocycles. The lowest BCUT2D eigenvalue weighted by molar-refractivity contribution is -0.122. The number of rotatable bonds is 6. The molecule has 0 fully saturated rings. The minimum atomic E-state index is -0.835. The predicted octanol–water partition coefficient (Wildman–Crippen LogP) is 2.97. The number of esters is 2. The monoisotopic (exact) mass is 371 g/mol. The van der Waals surface area contributed by atoms with Crippen LogP contribution in [0.5, 0.6) is 5.75 Å². The molecule has 0 aromatic heterocycles. The van der Waals surface area contributed by atoms with Gasteiger partial charge in [0.05, 0.1) is 31.0 Å². The van der Waals surface area contributed by atoms with E-state index < -0.39 is 23.9 Å². The zero-order valence-electron chi connectivity index (χ0n) is 15.6. The van der Waals surface area contributed by atoms with Crippen LogP contribution in [0.4, 0.5) is 5.69 Å². The Morgan fingerprint density at radius 3 is 2.26 bits per heavy atom. The number of hydrogen-bond donors (Lipinski definition) is 1. The molecule has 7 nitrogen and oxygen atoms in total. The number of benzene rings is 2. The average Bonchev–Trinajstić information content (AvgIpc) is 2.68. The number of methoxy groups -OCH3 is 2. The second kappa shape index (κ2) is 8.84. The van der Waals surface area contributed by atoms with Crippen LogP contribution in [0.2, 0.25) is 0 Å². The molecule has 0 radical (unpaired) electrons. The molecule has 0 bridgehead atoms. The van der Waals surface area contributed by atoms with Gasteiger partial charge in [0.2, 0.25) is 0 Å². The number of aryl methyl sites for hydroxylation is 1. The first-order valence-electron chi connectivity index (χ1n) is 8.21. The van der Waals surface area contributed by atoms with Crippen LogP contribution in [0.15, 0.2) is 42.5 Å². The second-order valence-corrected chi connectivity index (χ2v) is 5.76. The van der Waals surface area contributed by atoms with Crippen molar-refractivity contribution in [3.63, 3.8) is 0 Å². The van der Waals surface area contributed by atoms with Crippen LogP contribution in [0.1, 0.15) is 33.2 Å². The quantitative estimate of drug-likeness (QED) is 0.785. The molecule has 7 heteroatoms. The van der Waals surface area contributed by atoms with Gasteiger partial charge in [-0.15, -0.1) is 0 Å². The van der Waals surface area contributed by atoms with E-state index >= 15 is 0 Å². The predicted molar refractivity (Wildman–Crippen MR) is 99.0 cm³/mol. The van der Waals surface area contributed by atoms with Gasteiger partial charge in [-0.3, -0.25) is 4.79 Å². The van der Waals surface area contributed by atoms with Crippen molar-refractivity contribution in [1.82, 2.24) is 0 Å². The van der Waals surface area contributed by atoms with Gasteiger partial charge in [0.1, 0.15) is 5.75 Å². The van der Waals surface area contributed by atoms with E-state index in [4.69, 9.17) is 9.47 Å². The van der Waals surface area contributed by atoms with Gasteiger partial charge in [-0.1, -0.05) is 18.2 Å². The van der Waals surface area contributed by atoms with E-state index in [-0.39, 0.29) is 16.8 Å². The molecule has 0 aliphatic rings. The average molecular weight is 371 g/mol. The highest BCUT2D eigenvalue weighted by Gasteiger charge is 2.21. The highest BCUT2D eigenvalue weighted by atomic mass is 16.5. The first-order valence-corrected chi connectivity index (χ1v) is 8.21. The van der Waals surface area contributed by atoms with Gasteiger partial charge in [-0.05, 0) is 43.7 Å². The SMILES string of the molecule is COC(=O)c1ccc(C(=O)OC)c(NC(=O)[C@@H](C)Oc2ccccc2C)c1. The minimum absolute atomic E-state index is 0.113. The Balaban J connectivity index is 2.25. The van der Waals surface area contributed by atoms with Gasteiger partial charge < -0.3 is 19.5 Å². The summed E-state index contributed by atoms with van der Waals surface area (Å²) in [5.74, 6) is -1.14. The summed E-state index contributed by atoms with van der Waals surface area (Å²) in [6, 6.07) is 11.5. The molecule has 0 saturated heterocycles. The molecule has 0 unspecified atom stereocenters. The summed E-state index contributed by atoms with van der Waals surface area (Å²) in [7, 11) is 2.47. The van der Waals surface area contributed by atoms with Crippen molar-refractivity contribution in [2.45, 2.75) is 20.0 Å². The fourth-order valence-corrected chi connectivity index (χ4v) is 2.35. The minimum Gasteiger partial charge on any atom is -0.481 e. The van der Waals surface area contributed by atoms with Gasteiger partial charge in [0, 0.05) is 0 Å². The smallest absolute Gasteiger partial charge is 0.339 e. The van der Waals surface area contributed by atoms with Crippen LogP contribution in [-0.4, -0.2) is 38.2 Å². The van der Waals surface area contributed by atoms with E-state index in [2.05, 4.69) is 10.1 Å². The molecule has 1 N–H and O–H groups in total. The fraction of sp³-hybridized carbons (Fsp3) is 0.250. The molecule has 0 spiro atoms. The van der Waals surface area contributed by atoms with Crippen molar-refractivity contribution < 1.29 is 28.6 Å². The molecule has 1 atom stereocenters. The zero-order chi connectivity index (χ0) is 20.0. The summed E-state index contributed by atoms with van der Waals surface area (Å²) in [5.41, 5.74) is 1.32. The maximum absolute atomic E-state index is 12.5. The first kappa shape index (κ1) is 20.0. The van der Waals surface area contributed by atoms with Crippen LogP contribution in [0, 0.1) is 6.92 Å². The zero-order valence-corrected chi connectivity index (χ0v) is 15.6. The molecular formula is C20H21NO6. The van der Waals surface area contributed by atoms with E-state index in [1.807, 2.05) is 25.1 Å². The fourth-order valence-electron chi connectivity index (χ4n) is 2.35. The third-order valence-electron chi connectivity index (χ3n) is 3.87. The number of amides is 1. The Morgan fingerprint density at radius 2 is 1.63 bits per heavy atom. The Kier molecular flexibility index (Phi) is 6.54. The summed E-state index contributed by atoms with van der Waals surface area (Å²) < 4.78 is 15.1. The molecule has 27 heavy (non-hydrogen) atoms. The lowest BCUT2D eigenvalue weighted by atomic mass is 10.1. The third kappa shape index (κ3) is 4.84. The summed E-state index contributed by atoms with van der Waals surface area (Å²) in [4.78, 5) is 36.2. The van der Waals surface area contributed by atoms with Crippen LogP contribution in [0.25, 0.3) is 0 Å². The van der Waals surface area contributed by atoms with Gasteiger partial charge in [-0.25, -0.2) is 9.59 Å². The second-order valence-electron chi connectivity index (χ2n) is 5.76. The summed E-state index contributed by atoms with van der Waals surface area (Å²) >= 11 is 0. The first-order chi connectivity index (χ1) is 12.9. The van der Waals surface area contributed by atoms with Crippen molar-refractivity contribution in [3.8, 4) is 5.75 Å². The van der Waals surface area contributed by atoms with Gasteiger partial charge in [0.25, 0.3) is 5.91 Å². The van der Waals surface area contributed by atoms with Gasteiger partial charge >= 0.3 is 11.9 Å². The van der Waals surface area contributed by atoms with Crippen LogP contribution >= 0.6 is 0 Å². The number of carbonyl (C=O) groups excluding carboxylic acids is 3. The van der Waals surface area contributed by atoms with E-state index in [0.29, 0.717) is 5.75 Å². The van der Waals surface area contributed by atoms with Gasteiger partial charge in [-0.2, -0.15) is 0 Å². The van der Waals surface area contributed by atoms with Crippen molar-refractivity contribution in [2.75, 3.05) is 19.5 Å². The lowest BCUT2D eigenvalue weighted by Crippen LogP contribution is -2.31. The van der Waals surface area contributed by atoms with Crippen molar-refractivity contribution in [3.05, 3.63) is 59.2 Å². The van der Waals surface area contributed by atoms with E-state index in [0.717, 1.165) is 5.56 Å². The number of para-hydroxylation sites is 1. The lowest BCUT2D eigenvalue weighted by Gasteiger charge is -2.17. The largest absolute Gasteiger partial charge is 0.481 e. The summed E-state index contributed by atoms with van der Waals surface area (Å²) in [5, 5.41) is 2.61. The normalized spacial score (nSPS) is 11.3. The van der Waals surface area contributed by atoms with Crippen molar-refractivity contribution >= 4 is 23.5 Å². The number of anilines is 1. The highest BCUT2D eigenvalue weighted by Crippen LogP contribution is 2.22. The van der Waals surface area contributed by atoms with Crippen molar-refractivity contribution in [2.24, 2.45) is 0 Å². The molecule has 0 aliphatic heterocycles. The molecule has 142 valence electrons. The maximum Gasteiger partial charge on any atom is 0.339 e. The van der Waals surface area contributed by atoms with E-state index in [1.54, 1.807) is 13.0 Å². The number of nitrogens with one attached hydrogen (secondary N) is 1.